The molecule has 4 aromatic rings. The maximum absolute atomic E-state index is 12.9. The molecule has 0 radical (unpaired) electrons. The number of halogens is 2. The molecule has 4 N–H and O–H groups in total. The Hall–Kier alpha value is -5.14. The zero-order valence-electron chi connectivity index (χ0n) is 27.2. The molecule has 4 aliphatic rings. The quantitative estimate of drug-likeness (QED) is 0.102. The number of fused-ring (bicyclic) bond motifs is 2. The highest BCUT2D eigenvalue weighted by Crippen LogP contribution is 2.38. The average Bonchev–Trinajstić information content (AvgIpc) is 3.89. The monoisotopic (exact) mass is 766 g/mol. The lowest BCUT2D eigenvalue weighted by atomic mass is 10.0. The predicted molar refractivity (Wildman–Crippen MR) is 201 cm³/mol. The molecule has 6 heterocycles. The zero-order valence-corrected chi connectivity index (χ0v) is 30.3. The number of rotatable bonds is 11. The van der Waals surface area contributed by atoms with Gasteiger partial charge in [0.15, 0.2) is 37.9 Å². The number of hydrogen-bond acceptors (Lipinski definition) is 6. The highest BCUT2D eigenvalue weighted by atomic mass is 35.5. The van der Waals surface area contributed by atoms with Crippen molar-refractivity contribution in [3.05, 3.63) is 152 Å². The summed E-state index contributed by atoms with van der Waals surface area (Å²) >= 11 is 12.0. The van der Waals surface area contributed by atoms with Gasteiger partial charge in [0.05, 0.1) is 56.6 Å². The molecule has 0 saturated heterocycles. The summed E-state index contributed by atoms with van der Waals surface area (Å²) in [7, 11) is 3.56. The van der Waals surface area contributed by atoms with Crippen LogP contribution in [0, 0.1) is 0 Å². The number of aromatic nitrogens is 2. The van der Waals surface area contributed by atoms with Gasteiger partial charge in [-0.3, -0.25) is 19.2 Å². The molecule has 258 valence electrons. The van der Waals surface area contributed by atoms with Crippen LogP contribution in [-0.4, -0.2) is 35.1 Å². The summed E-state index contributed by atoms with van der Waals surface area (Å²) in [6.07, 6.45) is 7.79. The normalized spacial score (nSPS) is 16.4. The van der Waals surface area contributed by atoms with Gasteiger partial charge in [0.25, 0.3) is 23.6 Å². The number of nitrogens with one attached hydrogen (secondary N) is 4. The van der Waals surface area contributed by atoms with E-state index in [-0.39, 0.29) is 23.6 Å². The Balaban J connectivity index is 0.838. The lowest BCUT2D eigenvalue weighted by Crippen LogP contribution is -2.34. The first-order chi connectivity index (χ1) is 25.2. The van der Waals surface area contributed by atoms with Gasteiger partial charge in [-0.25, -0.2) is 9.13 Å². The largest absolute Gasteiger partial charge is 0.321 e. The van der Waals surface area contributed by atoms with Crippen LogP contribution < -0.4 is 30.4 Å². The number of pyridine rings is 2. The second kappa shape index (κ2) is 14.1. The minimum absolute atomic E-state index is 0.314. The van der Waals surface area contributed by atoms with Crippen molar-refractivity contribution < 1.29 is 28.3 Å². The molecule has 0 spiro atoms. The number of amides is 4. The fraction of sp³-hybridized carbons (Fsp3) is 0.105. The number of carbonyl (C=O) groups excluding carboxylic acids is 4. The highest BCUT2D eigenvalue weighted by molar-refractivity contribution is 8.76. The standard InChI is InChI=1S/C38H26Cl2N6O4S2/c39-25-5-1-21(2-6-25)31-27-29(37(49)41-31)33(43-35(27)47)23-9-13-45(14-10-23)17-19-51-52-20-18-46-15-11-24(12-16-46)34-30-28(36(48)44-34)32(42-38(30)50)22-3-7-26(40)8-4-22/h1-16H,17-20H2,(H2,43,44,47,48)/p+2. The van der Waals surface area contributed by atoms with Gasteiger partial charge in [0.1, 0.15) is 0 Å². The van der Waals surface area contributed by atoms with E-state index in [4.69, 9.17) is 23.2 Å². The fourth-order valence-electron chi connectivity index (χ4n) is 6.41. The van der Waals surface area contributed by atoms with Crippen LogP contribution in [0.3, 0.4) is 0 Å². The Morgan fingerprint density at radius 2 is 0.692 bits per heavy atom. The smallest absolute Gasteiger partial charge is 0.258 e. The molecule has 4 amide bonds. The summed E-state index contributed by atoms with van der Waals surface area (Å²) in [6, 6.07) is 21.6. The first-order valence-corrected chi connectivity index (χ1v) is 19.5. The van der Waals surface area contributed by atoms with Gasteiger partial charge in [0, 0.05) is 45.4 Å². The molecule has 0 aliphatic carbocycles. The molecule has 0 fully saturated rings. The van der Waals surface area contributed by atoms with E-state index >= 15 is 0 Å². The van der Waals surface area contributed by atoms with Gasteiger partial charge < -0.3 is 21.3 Å². The number of hydrogen-bond donors (Lipinski definition) is 4. The summed E-state index contributed by atoms with van der Waals surface area (Å²) in [5.41, 5.74) is 6.32. The minimum Gasteiger partial charge on any atom is -0.321 e. The Morgan fingerprint density at radius 3 is 0.981 bits per heavy atom. The third-order valence-corrected chi connectivity index (χ3v) is 11.8. The average molecular weight is 768 g/mol. The van der Waals surface area contributed by atoms with Gasteiger partial charge >= 0.3 is 0 Å². The number of benzene rings is 2. The van der Waals surface area contributed by atoms with E-state index in [9.17, 15) is 19.2 Å². The van der Waals surface area contributed by atoms with Crippen molar-refractivity contribution in [2.24, 2.45) is 0 Å². The molecule has 4 aliphatic heterocycles. The van der Waals surface area contributed by atoms with Crippen LogP contribution in [-0.2, 0) is 32.3 Å². The Kier molecular flexibility index (Phi) is 9.22. The second-order valence-electron chi connectivity index (χ2n) is 12.1. The van der Waals surface area contributed by atoms with Crippen molar-refractivity contribution in [3.8, 4) is 0 Å². The fourth-order valence-corrected chi connectivity index (χ4v) is 8.62. The Morgan fingerprint density at radius 1 is 0.423 bits per heavy atom. The van der Waals surface area contributed by atoms with Gasteiger partial charge in [0.2, 0.25) is 0 Å². The van der Waals surface area contributed by atoms with E-state index in [2.05, 4.69) is 30.4 Å². The van der Waals surface area contributed by atoms with Gasteiger partial charge in [-0.15, -0.1) is 0 Å². The van der Waals surface area contributed by atoms with Gasteiger partial charge in [-0.1, -0.05) is 69.1 Å². The van der Waals surface area contributed by atoms with Crippen LogP contribution in [0.1, 0.15) is 22.3 Å². The second-order valence-corrected chi connectivity index (χ2v) is 15.7. The van der Waals surface area contributed by atoms with Crippen molar-refractivity contribution in [3.63, 3.8) is 0 Å². The lowest BCUT2D eigenvalue weighted by molar-refractivity contribution is -0.692. The molecule has 2 aromatic heterocycles. The van der Waals surface area contributed by atoms with Gasteiger partial charge in [-0.05, 0) is 35.4 Å². The third-order valence-electron chi connectivity index (χ3n) is 8.94. The topological polar surface area (TPSA) is 124 Å². The number of nitrogens with zero attached hydrogens (tertiary/aromatic N) is 2. The molecular formula is C38H28Cl2N6O4S2+2. The van der Waals surface area contributed by atoms with E-state index in [0.717, 1.165) is 35.7 Å². The zero-order chi connectivity index (χ0) is 35.9. The van der Waals surface area contributed by atoms with Crippen LogP contribution in [0.2, 0.25) is 10.0 Å². The van der Waals surface area contributed by atoms with Crippen LogP contribution in [0.25, 0.3) is 22.8 Å². The highest BCUT2D eigenvalue weighted by Gasteiger charge is 2.42. The third kappa shape index (κ3) is 6.43. The molecule has 14 heteroatoms. The summed E-state index contributed by atoms with van der Waals surface area (Å²) < 4.78 is 4.14. The Bertz CT molecular complexity index is 2150. The van der Waals surface area contributed by atoms with E-state index in [1.54, 1.807) is 70.1 Å². The first kappa shape index (κ1) is 34.0. The van der Waals surface area contributed by atoms with E-state index < -0.39 is 0 Å². The van der Waals surface area contributed by atoms with Crippen molar-refractivity contribution in [1.29, 1.82) is 0 Å². The first-order valence-electron chi connectivity index (χ1n) is 16.2. The summed E-state index contributed by atoms with van der Waals surface area (Å²) in [5, 5.41) is 12.6. The predicted octanol–water partition coefficient (Wildman–Crippen LogP) is 4.41. The van der Waals surface area contributed by atoms with Crippen LogP contribution in [0.4, 0.5) is 0 Å². The molecule has 10 nitrogen and oxygen atoms in total. The maximum Gasteiger partial charge on any atom is 0.258 e. The molecular weight excluding hydrogens is 739 g/mol. The van der Waals surface area contributed by atoms with E-state index in [0.29, 0.717) is 66.3 Å². The van der Waals surface area contributed by atoms with Crippen molar-refractivity contribution in [2.75, 3.05) is 11.5 Å². The molecule has 52 heavy (non-hydrogen) atoms. The van der Waals surface area contributed by atoms with E-state index in [1.807, 2.05) is 49.1 Å². The molecule has 0 bridgehead atoms. The van der Waals surface area contributed by atoms with E-state index in [1.165, 1.54) is 0 Å². The maximum atomic E-state index is 12.9. The Labute approximate surface area is 316 Å². The number of aryl methyl sites for hydroxylation is 2. The van der Waals surface area contributed by atoms with Crippen LogP contribution in [0.15, 0.2) is 120 Å². The molecule has 0 saturated carbocycles. The number of carbonyl (C=O) groups is 4. The lowest BCUT2D eigenvalue weighted by Gasteiger charge is -2.07. The summed E-state index contributed by atoms with van der Waals surface area (Å²) in [6.45, 7) is 1.58. The van der Waals surface area contributed by atoms with Crippen molar-refractivity contribution in [1.82, 2.24) is 21.3 Å². The summed E-state index contributed by atoms with van der Waals surface area (Å²) in [5.74, 6) is 0.514. The SMILES string of the molecule is O=C1NC(c2cc[n+](CCSSCC[n+]3ccc(C4=C5C(=O)NC(c6ccc(Cl)cc6)=C5C(=O)N4)cc3)cc2)=C2C(=O)NC(c3ccc(Cl)cc3)=C12. The van der Waals surface area contributed by atoms with Crippen LogP contribution in [0.5, 0.6) is 0 Å². The minimum atomic E-state index is -0.314. The summed E-state index contributed by atoms with van der Waals surface area (Å²) in [4.78, 5) is 51.7. The molecule has 2 aromatic carbocycles. The van der Waals surface area contributed by atoms with Crippen molar-refractivity contribution >= 4 is 91.2 Å². The van der Waals surface area contributed by atoms with Crippen molar-refractivity contribution in [2.45, 2.75) is 13.1 Å². The molecule has 0 unspecified atom stereocenters. The van der Waals surface area contributed by atoms with Gasteiger partial charge in [-0.2, -0.15) is 0 Å². The molecule has 8 rings (SSSR count). The van der Waals surface area contributed by atoms with Crippen LogP contribution >= 0.6 is 44.8 Å². The molecule has 0 atom stereocenters.